The van der Waals surface area contributed by atoms with Crippen LogP contribution in [0.5, 0.6) is 0 Å². The third-order valence-corrected chi connectivity index (χ3v) is 3.62. The van der Waals surface area contributed by atoms with Gasteiger partial charge in [0.2, 0.25) is 0 Å². The Labute approximate surface area is 54.5 Å². The highest BCUT2D eigenvalue weighted by Gasteiger charge is 2.25. The third kappa shape index (κ3) is 1.08. The molecule has 1 saturated heterocycles. The minimum atomic E-state index is 0.657. The first-order valence-electron chi connectivity index (χ1n) is 2.64. The lowest BCUT2D eigenvalue weighted by molar-refractivity contribution is 0.594. The van der Waals surface area contributed by atoms with Crippen LogP contribution in [0.4, 0.5) is 0 Å². The first kappa shape index (κ1) is 5.83. The SMILES string of the molecule is CCC1CSC1S. The highest BCUT2D eigenvalue weighted by atomic mass is 32.2. The lowest BCUT2D eigenvalue weighted by Gasteiger charge is -2.30. The zero-order chi connectivity index (χ0) is 5.28. The van der Waals surface area contributed by atoms with Crippen molar-refractivity contribution in [3.63, 3.8) is 0 Å². The van der Waals surface area contributed by atoms with Crippen LogP contribution >= 0.6 is 24.4 Å². The molecule has 1 aliphatic heterocycles. The summed E-state index contributed by atoms with van der Waals surface area (Å²) in [6.45, 7) is 2.23. The molecule has 0 amide bonds. The molecule has 2 heteroatoms. The van der Waals surface area contributed by atoms with Crippen LogP contribution < -0.4 is 0 Å². The van der Waals surface area contributed by atoms with Crippen molar-refractivity contribution in [3.8, 4) is 0 Å². The highest BCUT2D eigenvalue weighted by molar-refractivity contribution is 8.11. The molecule has 0 aromatic heterocycles. The topological polar surface area (TPSA) is 0 Å². The van der Waals surface area contributed by atoms with E-state index in [1.54, 1.807) is 0 Å². The maximum atomic E-state index is 4.32. The van der Waals surface area contributed by atoms with Crippen LogP contribution in [-0.2, 0) is 0 Å². The third-order valence-electron chi connectivity index (χ3n) is 1.41. The van der Waals surface area contributed by atoms with Gasteiger partial charge in [-0.25, -0.2) is 0 Å². The van der Waals surface area contributed by atoms with Gasteiger partial charge in [0.05, 0.1) is 4.58 Å². The molecule has 7 heavy (non-hydrogen) atoms. The van der Waals surface area contributed by atoms with Gasteiger partial charge in [-0.2, -0.15) is 12.6 Å². The molecule has 0 N–H and O–H groups in total. The second kappa shape index (κ2) is 2.31. The van der Waals surface area contributed by atoms with E-state index in [0.29, 0.717) is 4.58 Å². The Balaban J connectivity index is 2.16. The Bertz CT molecular complexity index is 61.1. The van der Waals surface area contributed by atoms with Gasteiger partial charge < -0.3 is 0 Å². The smallest absolute Gasteiger partial charge is 0.0508 e. The van der Waals surface area contributed by atoms with Crippen molar-refractivity contribution in [2.75, 3.05) is 5.75 Å². The molecular weight excluding hydrogens is 124 g/mol. The Morgan fingerprint density at radius 3 is 2.57 bits per heavy atom. The maximum absolute atomic E-state index is 4.32. The average Bonchev–Trinajstić information content (AvgIpc) is 1.65. The molecule has 0 spiro atoms. The molecule has 0 radical (unpaired) electrons. The second-order valence-corrected chi connectivity index (χ2v) is 3.97. The van der Waals surface area contributed by atoms with Gasteiger partial charge in [0.25, 0.3) is 0 Å². The second-order valence-electron chi connectivity index (χ2n) is 1.89. The fraction of sp³-hybridized carbons (Fsp3) is 1.00. The molecule has 2 atom stereocenters. The summed E-state index contributed by atoms with van der Waals surface area (Å²) < 4.78 is 0.657. The zero-order valence-electron chi connectivity index (χ0n) is 4.42. The van der Waals surface area contributed by atoms with Gasteiger partial charge in [-0.3, -0.25) is 0 Å². The van der Waals surface area contributed by atoms with Crippen molar-refractivity contribution >= 4 is 24.4 Å². The van der Waals surface area contributed by atoms with Gasteiger partial charge in [-0.1, -0.05) is 13.3 Å². The molecule has 2 unspecified atom stereocenters. The van der Waals surface area contributed by atoms with Crippen molar-refractivity contribution in [2.45, 2.75) is 17.9 Å². The van der Waals surface area contributed by atoms with E-state index < -0.39 is 0 Å². The van der Waals surface area contributed by atoms with E-state index in [1.807, 2.05) is 11.8 Å². The molecule has 1 heterocycles. The molecule has 1 rings (SSSR count). The predicted molar refractivity (Wildman–Crippen MR) is 39.0 cm³/mol. The average molecular weight is 134 g/mol. The lowest BCUT2D eigenvalue weighted by Crippen LogP contribution is -2.24. The molecule has 0 bridgehead atoms. The van der Waals surface area contributed by atoms with Gasteiger partial charge in [0, 0.05) is 0 Å². The first-order valence-corrected chi connectivity index (χ1v) is 4.20. The van der Waals surface area contributed by atoms with Crippen LogP contribution in [0.2, 0.25) is 0 Å². The number of thioether (sulfide) groups is 1. The lowest BCUT2D eigenvalue weighted by atomic mass is 10.1. The summed E-state index contributed by atoms with van der Waals surface area (Å²) in [4.78, 5) is 0. The monoisotopic (exact) mass is 134 g/mol. The van der Waals surface area contributed by atoms with Crippen molar-refractivity contribution in [3.05, 3.63) is 0 Å². The molecular formula is C5H10S2. The minimum absolute atomic E-state index is 0.657. The summed E-state index contributed by atoms with van der Waals surface area (Å²) in [5, 5.41) is 0. The Kier molecular flexibility index (Phi) is 1.93. The largest absolute Gasteiger partial charge is 0.165 e. The van der Waals surface area contributed by atoms with Crippen LogP contribution in [0.3, 0.4) is 0 Å². The van der Waals surface area contributed by atoms with E-state index in [9.17, 15) is 0 Å². The summed E-state index contributed by atoms with van der Waals surface area (Å²) in [5.74, 6) is 2.25. The van der Waals surface area contributed by atoms with Crippen LogP contribution in [0.1, 0.15) is 13.3 Å². The van der Waals surface area contributed by atoms with Gasteiger partial charge in [-0.05, 0) is 11.7 Å². The standard InChI is InChI=1S/C5H10S2/c1-2-4-3-7-5(4)6/h4-6H,2-3H2,1H3. The van der Waals surface area contributed by atoms with Gasteiger partial charge in [0.1, 0.15) is 0 Å². The molecule has 0 nitrogen and oxygen atoms in total. The first-order chi connectivity index (χ1) is 3.34. The zero-order valence-corrected chi connectivity index (χ0v) is 6.14. The van der Waals surface area contributed by atoms with E-state index in [-0.39, 0.29) is 0 Å². The van der Waals surface area contributed by atoms with Gasteiger partial charge >= 0.3 is 0 Å². The van der Waals surface area contributed by atoms with Crippen molar-refractivity contribution in [1.29, 1.82) is 0 Å². The summed E-state index contributed by atoms with van der Waals surface area (Å²) in [5.41, 5.74) is 0. The number of hydrogen-bond acceptors (Lipinski definition) is 2. The maximum Gasteiger partial charge on any atom is 0.0508 e. The van der Waals surface area contributed by atoms with Crippen molar-refractivity contribution in [2.24, 2.45) is 5.92 Å². The molecule has 0 saturated carbocycles. The Hall–Kier alpha value is 0.700. The number of hydrogen-bond donors (Lipinski definition) is 1. The van der Waals surface area contributed by atoms with Crippen LogP contribution in [0.25, 0.3) is 0 Å². The quantitative estimate of drug-likeness (QED) is 0.535. The summed E-state index contributed by atoms with van der Waals surface area (Å²) >= 11 is 6.28. The van der Waals surface area contributed by atoms with E-state index in [0.717, 1.165) is 5.92 Å². The summed E-state index contributed by atoms with van der Waals surface area (Å²) in [6.07, 6.45) is 1.31. The summed E-state index contributed by atoms with van der Waals surface area (Å²) in [7, 11) is 0. The fourth-order valence-corrected chi connectivity index (χ4v) is 2.43. The fourth-order valence-electron chi connectivity index (χ4n) is 0.638. The number of rotatable bonds is 1. The minimum Gasteiger partial charge on any atom is -0.165 e. The van der Waals surface area contributed by atoms with Gasteiger partial charge in [-0.15, -0.1) is 11.8 Å². The van der Waals surface area contributed by atoms with E-state index in [1.165, 1.54) is 12.2 Å². The Morgan fingerprint density at radius 1 is 1.86 bits per heavy atom. The predicted octanol–water partition coefficient (Wildman–Crippen LogP) is 2.02. The molecule has 1 aliphatic rings. The molecule has 0 aliphatic carbocycles. The van der Waals surface area contributed by atoms with Gasteiger partial charge in [0.15, 0.2) is 0 Å². The molecule has 1 fully saturated rings. The number of thiol groups is 1. The van der Waals surface area contributed by atoms with Crippen molar-refractivity contribution < 1.29 is 0 Å². The molecule has 42 valence electrons. The summed E-state index contributed by atoms with van der Waals surface area (Å²) in [6, 6.07) is 0. The van der Waals surface area contributed by atoms with Crippen LogP contribution in [0.15, 0.2) is 0 Å². The van der Waals surface area contributed by atoms with E-state index >= 15 is 0 Å². The van der Waals surface area contributed by atoms with Crippen molar-refractivity contribution in [1.82, 2.24) is 0 Å². The van der Waals surface area contributed by atoms with Crippen LogP contribution in [0, 0.1) is 5.92 Å². The molecule has 0 aromatic rings. The van der Waals surface area contributed by atoms with E-state index in [2.05, 4.69) is 19.6 Å². The normalized spacial score (nSPS) is 40.3. The van der Waals surface area contributed by atoms with E-state index in [4.69, 9.17) is 0 Å². The van der Waals surface area contributed by atoms with Crippen LogP contribution in [-0.4, -0.2) is 10.3 Å². The molecule has 0 aromatic carbocycles. The Morgan fingerprint density at radius 2 is 2.57 bits per heavy atom. The highest BCUT2D eigenvalue weighted by Crippen LogP contribution is 2.38.